The van der Waals surface area contributed by atoms with Crippen molar-refractivity contribution in [2.45, 2.75) is 12.8 Å². The van der Waals surface area contributed by atoms with Gasteiger partial charge in [0, 0.05) is 24.6 Å². The Labute approximate surface area is 119 Å². The van der Waals surface area contributed by atoms with Gasteiger partial charge in [0.25, 0.3) is 5.91 Å². The van der Waals surface area contributed by atoms with Crippen molar-refractivity contribution >= 4 is 27.6 Å². The van der Waals surface area contributed by atoms with Crippen LogP contribution in [0.2, 0.25) is 0 Å². The zero-order valence-electron chi connectivity index (χ0n) is 10.7. The number of pyridine rings is 1. The first-order valence-corrected chi connectivity index (χ1v) is 7.12. The Balaban J connectivity index is 1.53. The molecule has 0 fully saturated rings. The summed E-state index contributed by atoms with van der Waals surface area (Å²) in [6, 6.07) is 5.60. The normalized spacial score (nSPS) is 10.8. The first kappa shape index (κ1) is 12.7. The van der Waals surface area contributed by atoms with Gasteiger partial charge in [0.1, 0.15) is 10.3 Å². The second kappa shape index (κ2) is 5.79. The molecular formula is C13H13N5OS. The molecule has 0 aliphatic rings. The molecule has 20 heavy (non-hydrogen) atoms. The van der Waals surface area contributed by atoms with Gasteiger partial charge in [-0.25, -0.2) is 9.97 Å². The molecule has 0 saturated heterocycles. The molecule has 1 amide bonds. The molecular weight excluding hydrogens is 274 g/mol. The topological polar surface area (TPSA) is 83.6 Å². The van der Waals surface area contributed by atoms with E-state index in [1.165, 1.54) is 11.3 Å². The number of aryl methyl sites for hydroxylation is 1. The zero-order chi connectivity index (χ0) is 13.8. The van der Waals surface area contributed by atoms with Gasteiger partial charge in [-0.15, -0.1) is 0 Å². The van der Waals surface area contributed by atoms with Gasteiger partial charge in [0.2, 0.25) is 0 Å². The maximum absolute atomic E-state index is 12.0. The van der Waals surface area contributed by atoms with Crippen molar-refractivity contribution in [1.29, 1.82) is 0 Å². The standard InChI is InChI=1S/C13H13N5OS/c19-11(14-6-1-3-9-5-8-16-18-9)13-17-10-4-2-7-15-12(10)20-13/h2,4-5,7-8H,1,3,6H2,(H,14,19)(H,16,18). The summed E-state index contributed by atoms with van der Waals surface area (Å²) in [4.78, 5) is 21.2. The van der Waals surface area contributed by atoms with Crippen LogP contribution in [0.3, 0.4) is 0 Å². The summed E-state index contributed by atoms with van der Waals surface area (Å²) < 4.78 is 0. The van der Waals surface area contributed by atoms with Gasteiger partial charge in [-0.2, -0.15) is 5.10 Å². The summed E-state index contributed by atoms with van der Waals surface area (Å²) in [5.41, 5.74) is 1.84. The zero-order valence-corrected chi connectivity index (χ0v) is 11.5. The van der Waals surface area contributed by atoms with E-state index in [2.05, 4.69) is 25.5 Å². The molecule has 2 N–H and O–H groups in total. The maximum Gasteiger partial charge on any atom is 0.280 e. The SMILES string of the molecule is O=C(NCCCc1ccn[nH]1)c1nc2cccnc2s1. The molecule has 6 nitrogen and oxygen atoms in total. The number of aromatic nitrogens is 4. The number of nitrogens with one attached hydrogen (secondary N) is 2. The van der Waals surface area contributed by atoms with E-state index in [-0.39, 0.29) is 5.91 Å². The molecule has 0 radical (unpaired) electrons. The third kappa shape index (κ3) is 2.83. The lowest BCUT2D eigenvalue weighted by atomic mass is 10.2. The average molecular weight is 287 g/mol. The highest BCUT2D eigenvalue weighted by molar-refractivity contribution is 7.19. The molecule has 0 aliphatic heterocycles. The third-order valence-corrected chi connectivity index (χ3v) is 3.81. The first-order chi connectivity index (χ1) is 9.83. The van der Waals surface area contributed by atoms with E-state index in [0.29, 0.717) is 11.6 Å². The maximum atomic E-state index is 12.0. The number of thiazole rings is 1. The van der Waals surface area contributed by atoms with Crippen LogP contribution in [0.15, 0.2) is 30.6 Å². The monoisotopic (exact) mass is 287 g/mol. The highest BCUT2D eigenvalue weighted by Crippen LogP contribution is 2.18. The average Bonchev–Trinajstić information content (AvgIpc) is 3.12. The van der Waals surface area contributed by atoms with E-state index >= 15 is 0 Å². The highest BCUT2D eigenvalue weighted by atomic mass is 32.1. The number of nitrogens with zero attached hydrogens (tertiary/aromatic N) is 3. The fourth-order valence-electron chi connectivity index (χ4n) is 1.85. The Morgan fingerprint density at radius 2 is 2.30 bits per heavy atom. The molecule has 0 spiro atoms. The Kier molecular flexibility index (Phi) is 3.69. The van der Waals surface area contributed by atoms with Gasteiger partial charge in [0.05, 0.1) is 0 Å². The lowest BCUT2D eigenvalue weighted by Gasteiger charge is -2.01. The molecule has 0 atom stereocenters. The number of hydrogen-bond acceptors (Lipinski definition) is 5. The van der Waals surface area contributed by atoms with Crippen molar-refractivity contribution in [2.24, 2.45) is 0 Å². The van der Waals surface area contributed by atoms with E-state index in [1.54, 1.807) is 12.4 Å². The van der Waals surface area contributed by atoms with Gasteiger partial charge in [-0.05, 0) is 31.0 Å². The Bertz CT molecular complexity index is 673. The molecule has 7 heteroatoms. The van der Waals surface area contributed by atoms with Crippen molar-refractivity contribution in [3.63, 3.8) is 0 Å². The lowest BCUT2D eigenvalue weighted by molar-refractivity contribution is 0.0953. The summed E-state index contributed by atoms with van der Waals surface area (Å²) in [5, 5.41) is 10.1. The highest BCUT2D eigenvalue weighted by Gasteiger charge is 2.11. The fraction of sp³-hybridized carbons (Fsp3) is 0.231. The lowest BCUT2D eigenvalue weighted by Crippen LogP contribution is -2.24. The number of hydrogen-bond donors (Lipinski definition) is 2. The van der Waals surface area contributed by atoms with Crippen molar-refractivity contribution in [1.82, 2.24) is 25.5 Å². The fourth-order valence-corrected chi connectivity index (χ4v) is 2.67. The first-order valence-electron chi connectivity index (χ1n) is 6.31. The van der Waals surface area contributed by atoms with Crippen LogP contribution in [0.4, 0.5) is 0 Å². The summed E-state index contributed by atoms with van der Waals surface area (Å²) >= 11 is 1.31. The summed E-state index contributed by atoms with van der Waals surface area (Å²) in [7, 11) is 0. The molecule has 3 aromatic heterocycles. The number of carbonyl (C=O) groups excluding carboxylic acids is 1. The van der Waals surface area contributed by atoms with Crippen LogP contribution >= 0.6 is 11.3 Å². The molecule has 0 bridgehead atoms. The van der Waals surface area contributed by atoms with Gasteiger partial charge < -0.3 is 5.32 Å². The number of H-pyrrole nitrogens is 1. The van der Waals surface area contributed by atoms with Crippen LogP contribution in [0, 0.1) is 0 Å². The van der Waals surface area contributed by atoms with Crippen LogP contribution < -0.4 is 5.32 Å². The van der Waals surface area contributed by atoms with Crippen LogP contribution in [0.1, 0.15) is 21.9 Å². The Hall–Kier alpha value is -2.28. The van der Waals surface area contributed by atoms with Gasteiger partial charge in [-0.1, -0.05) is 11.3 Å². The minimum atomic E-state index is -0.141. The Morgan fingerprint density at radius 3 is 3.10 bits per heavy atom. The predicted octanol–water partition coefficient (Wildman–Crippen LogP) is 1.78. The minimum Gasteiger partial charge on any atom is -0.350 e. The van der Waals surface area contributed by atoms with E-state index in [9.17, 15) is 4.79 Å². The van der Waals surface area contributed by atoms with Crippen molar-refractivity contribution in [3.05, 3.63) is 41.3 Å². The second-order valence-electron chi connectivity index (χ2n) is 4.29. The third-order valence-electron chi connectivity index (χ3n) is 2.83. The molecule has 102 valence electrons. The Morgan fingerprint density at radius 1 is 1.35 bits per heavy atom. The van der Waals surface area contributed by atoms with Crippen LogP contribution in [-0.2, 0) is 6.42 Å². The summed E-state index contributed by atoms with van der Waals surface area (Å²) in [6.07, 6.45) is 5.15. The predicted molar refractivity (Wildman–Crippen MR) is 76.7 cm³/mol. The number of carbonyl (C=O) groups is 1. The van der Waals surface area contributed by atoms with Crippen molar-refractivity contribution in [2.75, 3.05) is 6.54 Å². The largest absolute Gasteiger partial charge is 0.350 e. The van der Waals surface area contributed by atoms with Gasteiger partial charge in [0.15, 0.2) is 5.01 Å². The number of amides is 1. The number of fused-ring (bicyclic) bond motifs is 1. The number of aromatic amines is 1. The summed E-state index contributed by atoms with van der Waals surface area (Å²) in [6.45, 7) is 0.612. The minimum absolute atomic E-state index is 0.141. The quantitative estimate of drug-likeness (QED) is 0.701. The molecule has 0 aliphatic carbocycles. The smallest absolute Gasteiger partial charge is 0.280 e. The van der Waals surface area contributed by atoms with E-state index < -0.39 is 0 Å². The molecule has 0 unspecified atom stereocenters. The van der Waals surface area contributed by atoms with Gasteiger partial charge >= 0.3 is 0 Å². The number of rotatable bonds is 5. The molecule has 0 saturated carbocycles. The second-order valence-corrected chi connectivity index (χ2v) is 5.27. The van der Waals surface area contributed by atoms with Crippen LogP contribution in [0.25, 0.3) is 10.3 Å². The molecule has 3 aromatic rings. The van der Waals surface area contributed by atoms with Crippen LogP contribution in [-0.4, -0.2) is 32.6 Å². The van der Waals surface area contributed by atoms with Gasteiger partial charge in [-0.3, -0.25) is 9.89 Å². The van der Waals surface area contributed by atoms with E-state index in [4.69, 9.17) is 0 Å². The summed E-state index contributed by atoms with van der Waals surface area (Å²) in [5.74, 6) is -0.141. The van der Waals surface area contributed by atoms with Crippen molar-refractivity contribution in [3.8, 4) is 0 Å². The van der Waals surface area contributed by atoms with Crippen molar-refractivity contribution < 1.29 is 4.79 Å². The van der Waals surface area contributed by atoms with E-state index in [1.807, 2.05) is 18.2 Å². The van der Waals surface area contributed by atoms with E-state index in [0.717, 1.165) is 28.9 Å². The molecule has 3 rings (SSSR count). The molecule has 0 aromatic carbocycles. The molecule has 3 heterocycles. The van der Waals surface area contributed by atoms with Crippen LogP contribution in [0.5, 0.6) is 0 Å².